The van der Waals surface area contributed by atoms with Crippen molar-refractivity contribution in [3.63, 3.8) is 0 Å². The molecule has 0 spiro atoms. The zero-order valence-corrected chi connectivity index (χ0v) is 9.56. The largest absolute Gasteiger partial charge is 0.354 e. The summed E-state index contributed by atoms with van der Waals surface area (Å²) >= 11 is 0. The summed E-state index contributed by atoms with van der Waals surface area (Å²) in [6.07, 6.45) is 1.90. The van der Waals surface area contributed by atoms with E-state index in [0.717, 1.165) is 32.0 Å². The molecule has 1 aliphatic rings. The van der Waals surface area contributed by atoms with Gasteiger partial charge in [-0.3, -0.25) is 4.90 Å². The first-order valence-electron chi connectivity index (χ1n) is 5.56. The molecular formula is C12H16N4. The maximum absolute atomic E-state index is 8.61. The van der Waals surface area contributed by atoms with Crippen molar-refractivity contribution in [1.82, 2.24) is 9.88 Å². The Morgan fingerprint density at radius 2 is 2.06 bits per heavy atom. The SMILES string of the molecule is Cc1ccc(N2CCN(CC#N)CC2)nc1. The molecule has 1 aliphatic heterocycles. The van der Waals surface area contributed by atoms with Crippen LogP contribution in [0, 0.1) is 18.3 Å². The molecule has 0 radical (unpaired) electrons. The molecule has 0 atom stereocenters. The normalized spacial score (nSPS) is 17.1. The van der Waals surface area contributed by atoms with Crippen LogP contribution in [0.15, 0.2) is 18.3 Å². The van der Waals surface area contributed by atoms with Crippen molar-refractivity contribution in [2.24, 2.45) is 0 Å². The average molecular weight is 216 g/mol. The third kappa shape index (κ3) is 2.50. The first kappa shape index (κ1) is 10.9. The number of anilines is 1. The Morgan fingerprint density at radius 3 is 2.62 bits per heavy atom. The molecule has 1 fully saturated rings. The lowest BCUT2D eigenvalue weighted by atomic mass is 10.3. The number of nitrogens with zero attached hydrogens (tertiary/aromatic N) is 4. The van der Waals surface area contributed by atoms with Crippen molar-refractivity contribution < 1.29 is 0 Å². The van der Waals surface area contributed by atoms with Crippen LogP contribution in [0.3, 0.4) is 0 Å². The van der Waals surface area contributed by atoms with E-state index in [9.17, 15) is 0 Å². The van der Waals surface area contributed by atoms with Crippen LogP contribution in [0.25, 0.3) is 0 Å². The molecule has 2 heterocycles. The van der Waals surface area contributed by atoms with E-state index >= 15 is 0 Å². The van der Waals surface area contributed by atoms with Gasteiger partial charge in [-0.05, 0) is 18.6 Å². The lowest BCUT2D eigenvalue weighted by molar-refractivity contribution is 0.286. The van der Waals surface area contributed by atoms with Gasteiger partial charge in [-0.25, -0.2) is 4.98 Å². The topological polar surface area (TPSA) is 43.2 Å². The van der Waals surface area contributed by atoms with Crippen molar-refractivity contribution >= 4 is 5.82 Å². The molecule has 84 valence electrons. The van der Waals surface area contributed by atoms with E-state index in [1.165, 1.54) is 5.56 Å². The fraction of sp³-hybridized carbons (Fsp3) is 0.500. The van der Waals surface area contributed by atoms with Gasteiger partial charge in [0.15, 0.2) is 0 Å². The van der Waals surface area contributed by atoms with Crippen LogP contribution in [-0.2, 0) is 0 Å². The minimum Gasteiger partial charge on any atom is -0.354 e. The second-order valence-corrected chi connectivity index (χ2v) is 4.12. The summed E-state index contributed by atoms with van der Waals surface area (Å²) < 4.78 is 0. The summed E-state index contributed by atoms with van der Waals surface area (Å²) in [5, 5.41) is 8.61. The smallest absolute Gasteiger partial charge is 0.128 e. The summed E-state index contributed by atoms with van der Waals surface area (Å²) in [6.45, 7) is 6.39. The fourth-order valence-electron chi connectivity index (χ4n) is 1.88. The number of hydrogen-bond acceptors (Lipinski definition) is 4. The van der Waals surface area contributed by atoms with Crippen LogP contribution in [0.1, 0.15) is 5.56 Å². The highest BCUT2D eigenvalue weighted by molar-refractivity contribution is 5.39. The number of aryl methyl sites for hydroxylation is 1. The van der Waals surface area contributed by atoms with E-state index in [4.69, 9.17) is 5.26 Å². The molecule has 1 saturated heterocycles. The number of rotatable bonds is 2. The first-order valence-corrected chi connectivity index (χ1v) is 5.56. The number of piperazine rings is 1. The predicted octanol–water partition coefficient (Wildman–Crippen LogP) is 1.04. The highest BCUT2D eigenvalue weighted by atomic mass is 15.3. The maximum Gasteiger partial charge on any atom is 0.128 e. The second kappa shape index (κ2) is 4.95. The summed E-state index contributed by atoms with van der Waals surface area (Å²) in [5.41, 5.74) is 1.19. The zero-order chi connectivity index (χ0) is 11.4. The minimum atomic E-state index is 0.537. The Hall–Kier alpha value is -1.60. The van der Waals surface area contributed by atoms with Gasteiger partial charge in [-0.1, -0.05) is 6.07 Å². The van der Waals surface area contributed by atoms with Crippen molar-refractivity contribution in [3.05, 3.63) is 23.9 Å². The van der Waals surface area contributed by atoms with E-state index in [-0.39, 0.29) is 0 Å². The van der Waals surface area contributed by atoms with E-state index in [0.29, 0.717) is 6.54 Å². The van der Waals surface area contributed by atoms with Crippen molar-refractivity contribution in [3.8, 4) is 6.07 Å². The third-order valence-electron chi connectivity index (χ3n) is 2.89. The number of hydrogen-bond donors (Lipinski definition) is 0. The van der Waals surface area contributed by atoms with E-state index in [1.807, 2.05) is 13.1 Å². The number of pyridine rings is 1. The highest BCUT2D eigenvalue weighted by Crippen LogP contribution is 2.13. The van der Waals surface area contributed by atoms with Crippen LogP contribution >= 0.6 is 0 Å². The lowest BCUT2D eigenvalue weighted by Gasteiger charge is -2.34. The van der Waals surface area contributed by atoms with Crippen LogP contribution in [-0.4, -0.2) is 42.6 Å². The lowest BCUT2D eigenvalue weighted by Crippen LogP contribution is -2.46. The van der Waals surface area contributed by atoms with Gasteiger partial charge in [0.1, 0.15) is 5.82 Å². The van der Waals surface area contributed by atoms with Crippen LogP contribution in [0.5, 0.6) is 0 Å². The molecule has 16 heavy (non-hydrogen) atoms. The minimum absolute atomic E-state index is 0.537. The van der Waals surface area contributed by atoms with Gasteiger partial charge in [-0.15, -0.1) is 0 Å². The van der Waals surface area contributed by atoms with Gasteiger partial charge in [0, 0.05) is 32.4 Å². The highest BCUT2D eigenvalue weighted by Gasteiger charge is 2.17. The van der Waals surface area contributed by atoms with Gasteiger partial charge < -0.3 is 4.90 Å². The molecule has 4 heteroatoms. The van der Waals surface area contributed by atoms with Gasteiger partial charge in [-0.2, -0.15) is 5.26 Å². The van der Waals surface area contributed by atoms with Gasteiger partial charge in [0.05, 0.1) is 12.6 Å². The fourth-order valence-corrected chi connectivity index (χ4v) is 1.88. The van der Waals surface area contributed by atoms with E-state index in [1.54, 1.807) is 0 Å². The quantitative estimate of drug-likeness (QED) is 0.693. The second-order valence-electron chi connectivity index (χ2n) is 4.12. The van der Waals surface area contributed by atoms with E-state index < -0.39 is 0 Å². The predicted molar refractivity (Wildman–Crippen MR) is 63.2 cm³/mol. The van der Waals surface area contributed by atoms with Gasteiger partial charge >= 0.3 is 0 Å². The monoisotopic (exact) mass is 216 g/mol. The molecule has 0 saturated carbocycles. The molecule has 0 unspecified atom stereocenters. The zero-order valence-electron chi connectivity index (χ0n) is 9.56. The van der Waals surface area contributed by atoms with Crippen LogP contribution in [0.2, 0.25) is 0 Å². The van der Waals surface area contributed by atoms with Gasteiger partial charge in [0.25, 0.3) is 0 Å². The van der Waals surface area contributed by atoms with Crippen molar-refractivity contribution in [2.75, 3.05) is 37.6 Å². The molecule has 0 aromatic carbocycles. The van der Waals surface area contributed by atoms with E-state index in [2.05, 4.69) is 33.0 Å². The summed E-state index contributed by atoms with van der Waals surface area (Å²) in [5.74, 6) is 1.04. The number of aromatic nitrogens is 1. The summed E-state index contributed by atoms with van der Waals surface area (Å²) in [7, 11) is 0. The molecule has 2 rings (SSSR count). The van der Waals surface area contributed by atoms with Crippen LogP contribution < -0.4 is 4.90 Å². The maximum atomic E-state index is 8.61. The molecule has 0 N–H and O–H groups in total. The third-order valence-corrected chi connectivity index (χ3v) is 2.89. The molecule has 0 bridgehead atoms. The molecular weight excluding hydrogens is 200 g/mol. The Kier molecular flexibility index (Phi) is 3.37. The standard InChI is InChI=1S/C12H16N4/c1-11-2-3-12(14-10-11)16-8-6-15(5-4-13)7-9-16/h2-3,10H,5-9H2,1H3. The van der Waals surface area contributed by atoms with Crippen molar-refractivity contribution in [2.45, 2.75) is 6.92 Å². The van der Waals surface area contributed by atoms with Crippen LogP contribution in [0.4, 0.5) is 5.82 Å². The Balaban J connectivity index is 1.94. The summed E-state index contributed by atoms with van der Waals surface area (Å²) in [4.78, 5) is 8.86. The molecule has 4 nitrogen and oxygen atoms in total. The Morgan fingerprint density at radius 1 is 1.31 bits per heavy atom. The molecule has 0 aliphatic carbocycles. The van der Waals surface area contributed by atoms with Gasteiger partial charge in [0.2, 0.25) is 0 Å². The Bertz CT molecular complexity index is 371. The molecule has 1 aromatic rings. The molecule has 0 amide bonds. The summed E-state index contributed by atoms with van der Waals surface area (Å²) in [6, 6.07) is 6.34. The first-order chi connectivity index (χ1) is 7.79. The Labute approximate surface area is 96.1 Å². The van der Waals surface area contributed by atoms with Crippen molar-refractivity contribution in [1.29, 1.82) is 5.26 Å². The average Bonchev–Trinajstić information content (AvgIpc) is 2.32. The number of nitriles is 1. The molecule has 1 aromatic heterocycles.